The highest BCUT2D eigenvalue weighted by molar-refractivity contribution is 5.97. The first-order valence-electron chi connectivity index (χ1n) is 4.99. The first kappa shape index (κ1) is 12.2. The Balaban J connectivity index is 2.75. The Morgan fingerprint density at radius 3 is 2.44 bits per heavy atom. The van der Waals surface area contributed by atoms with E-state index in [1.165, 1.54) is 5.48 Å². The maximum atomic E-state index is 11.7. The van der Waals surface area contributed by atoms with Crippen molar-refractivity contribution in [3.8, 4) is 0 Å². The molecule has 0 bridgehead atoms. The van der Waals surface area contributed by atoms with Gasteiger partial charge in [-0.05, 0) is 12.0 Å². The number of benzene rings is 1. The summed E-state index contributed by atoms with van der Waals surface area (Å²) in [5, 5.41) is 10.3. The lowest BCUT2D eigenvalue weighted by Gasteiger charge is -2.13. The molecule has 3 amide bonds. The molecule has 0 unspecified atom stereocenters. The summed E-state index contributed by atoms with van der Waals surface area (Å²) in [7, 11) is 0. The molecule has 0 saturated carbocycles. The van der Waals surface area contributed by atoms with E-state index in [4.69, 9.17) is 5.21 Å². The maximum absolute atomic E-state index is 11.7. The van der Waals surface area contributed by atoms with E-state index >= 15 is 0 Å². The van der Waals surface area contributed by atoms with Gasteiger partial charge in [0.2, 0.25) is 5.91 Å². The third-order valence-corrected chi connectivity index (χ3v) is 2.26. The summed E-state index contributed by atoms with van der Waals surface area (Å²) in [5.41, 5.74) is 2.20. The van der Waals surface area contributed by atoms with Crippen molar-refractivity contribution in [2.45, 2.75) is 19.3 Å². The number of urea groups is 1. The van der Waals surface area contributed by atoms with Gasteiger partial charge >= 0.3 is 6.03 Å². The lowest BCUT2D eigenvalue weighted by Crippen LogP contribution is -2.40. The highest BCUT2D eigenvalue weighted by Crippen LogP contribution is 2.18. The molecule has 0 fully saturated rings. The smallest absolute Gasteiger partial charge is 0.287 e. The van der Waals surface area contributed by atoms with Crippen molar-refractivity contribution in [3.05, 3.63) is 35.9 Å². The van der Waals surface area contributed by atoms with E-state index in [0.29, 0.717) is 6.42 Å². The predicted octanol–water partition coefficient (Wildman–Crippen LogP) is 1.40. The Hall–Kier alpha value is -1.88. The van der Waals surface area contributed by atoms with Crippen molar-refractivity contribution in [1.82, 2.24) is 10.8 Å². The van der Waals surface area contributed by atoms with E-state index in [-0.39, 0.29) is 0 Å². The van der Waals surface area contributed by atoms with Gasteiger partial charge in [0.25, 0.3) is 0 Å². The van der Waals surface area contributed by atoms with E-state index in [0.717, 1.165) is 5.56 Å². The third-order valence-electron chi connectivity index (χ3n) is 2.26. The summed E-state index contributed by atoms with van der Waals surface area (Å²) < 4.78 is 0. The summed E-state index contributed by atoms with van der Waals surface area (Å²) in [6.45, 7) is 1.86. The van der Waals surface area contributed by atoms with Crippen molar-refractivity contribution >= 4 is 11.9 Å². The van der Waals surface area contributed by atoms with Gasteiger partial charge in [-0.3, -0.25) is 15.3 Å². The quantitative estimate of drug-likeness (QED) is 0.534. The van der Waals surface area contributed by atoms with E-state index in [9.17, 15) is 9.59 Å². The highest BCUT2D eigenvalue weighted by atomic mass is 16.5. The van der Waals surface area contributed by atoms with Crippen LogP contribution < -0.4 is 10.8 Å². The van der Waals surface area contributed by atoms with Crippen LogP contribution in [-0.4, -0.2) is 17.1 Å². The van der Waals surface area contributed by atoms with Crippen molar-refractivity contribution in [3.63, 3.8) is 0 Å². The average Bonchev–Trinajstić information content (AvgIpc) is 2.31. The third kappa shape index (κ3) is 3.06. The molecular weight excluding hydrogens is 208 g/mol. The second kappa shape index (κ2) is 5.87. The lowest BCUT2D eigenvalue weighted by molar-refractivity contribution is -0.121. The highest BCUT2D eigenvalue weighted by Gasteiger charge is 2.19. The zero-order valence-electron chi connectivity index (χ0n) is 8.93. The zero-order chi connectivity index (χ0) is 12.0. The molecule has 3 N–H and O–H groups in total. The van der Waals surface area contributed by atoms with Crippen LogP contribution >= 0.6 is 0 Å². The van der Waals surface area contributed by atoms with Crippen molar-refractivity contribution in [2.24, 2.45) is 0 Å². The molecule has 1 aromatic rings. The van der Waals surface area contributed by atoms with Crippen LogP contribution in [0.5, 0.6) is 0 Å². The molecule has 1 aromatic carbocycles. The molecule has 0 aromatic heterocycles. The fourth-order valence-electron chi connectivity index (χ4n) is 1.48. The van der Waals surface area contributed by atoms with Gasteiger partial charge in [-0.25, -0.2) is 10.3 Å². The van der Waals surface area contributed by atoms with Crippen LogP contribution in [-0.2, 0) is 4.79 Å². The molecule has 0 aliphatic carbocycles. The summed E-state index contributed by atoms with van der Waals surface area (Å²) >= 11 is 0. The average molecular weight is 222 g/mol. The molecule has 1 atom stereocenters. The summed E-state index contributed by atoms with van der Waals surface area (Å²) in [6, 6.07) is 8.25. The van der Waals surface area contributed by atoms with Gasteiger partial charge in [0.15, 0.2) is 0 Å². The van der Waals surface area contributed by atoms with Crippen molar-refractivity contribution < 1.29 is 14.8 Å². The Kier molecular flexibility index (Phi) is 4.47. The predicted molar refractivity (Wildman–Crippen MR) is 57.9 cm³/mol. The molecule has 0 aliphatic heterocycles. The van der Waals surface area contributed by atoms with E-state index in [2.05, 4.69) is 0 Å². The molecule has 0 spiro atoms. The Morgan fingerprint density at radius 2 is 1.94 bits per heavy atom. The van der Waals surface area contributed by atoms with Gasteiger partial charge in [-0.1, -0.05) is 37.3 Å². The molecule has 86 valence electrons. The minimum absolute atomic E-state index is 0.390. The number of hydrogen-bond acceptors (Lipinski definition) is 3. The van der Waals surface area contributed by atoms with Crippen LogP contribution in [0.3, 0.4) is 0 Å². The number of rotatable bonds is 3. The minimum Gasteiger partial charge on any atom is -0.287 e. The molecule has 5 nitrogen and oxygen atoms in total. The number of imide groups is 1. The van der Waals surface area contributed by atoms with Gasteiger partial charge in [0, 0.05) is 0 Å². The van der Waals surface area contributed by atoms with Crippen LogP contribution in [0.25, 0.3) is 0 Å². The monoisotopic (exact) mass is 222 g/mol. The number of carbonyl (C=O) groups excluding carboxylic acids is 2. The van der Waals surface area contributed by atoms with Gasteiger partial charge in [-0.2, -0.15) is 0 Å². The Morgan fingerprint density at radius 1 is 1.31 bits per heavy atom. The fraction of sp³-hybridized carbons (Fsp3) is 0.273. The standard InChI is InChI=1S/C11H14N2O3/c1-2-9(8-6-4-3-5-7-8)10(14)12-11(15)13-16/h3-7,9,16H,2H2,1H3,(H2,12,13,14,15)/t9-/m1/s1. The van der Waals surface area contributed by atoms with Gasteiger partial charge in [0.05, 0.1) is 5.92 Å². The zero-order valence-corrected chi connectivity index (χ0v) is 8.93. The second-order valence-corrected chi connectivity index (χ2v) is 3.30. The van der Waals surface area contributed by atoms with Gasteiger partial charge in [0.1, 0.15) is 0 Å². The molecule has 0 saturated heterocycles. The number of nitrogens with one attached hydrogen (secondary N) is 2. The van der Waals surface area contributed by atoms with Crippen LogP contribution in [0.1, 0.15) is 24.8 Å². The van der Waals surface area contributed by atoms with Gasteiger partial charge < -0.3 is 0 Å². The van der Waals surface area contributed by atoms with Crippen molar-refractivity contribution in [1.29, 1.82) is 0 Å². The van der Waals surface area contributed by atoms with Crippen molar-refractivity contribution in [2.75, 3.05) is 0 Å². The summed E-state index contributed by atoms with van der Waals surface area (Å²) in [6.07, 6.45) is 0.578. The molecule has 0 aliphatic rings. The van der Waals surface area contributed by atoms with E-state index in [1.54, 1.807) is 0 Å². The number of carbonyl (C=O) groups is 2. The fourth-order valence-corrected chi connectivity index (χ4v) is 1.48. The SMILES string of the molecule is CC[C@@H](C(=O)NC(=O)NO)c1ccccc1. The largest absolute Gasteiger partial charge is 0.345 e. The number of hydroxylamine groups is 1. The summed E-state index contributed by atoms with van der Waals surface area (Å²) in [5.74, 6) is -0.821. The van der Waals surface area contributed by atoms with Crippen LogP contribution in [0, 0.1) is 0 Å². The number of hydrogen-bond donors (Lipinski definition) is 3. The minimum atomic E-state index is -0.917. The first-order valence-corrected chi connectivity index (χ1v) is 4.99. The molecule has 1 rings (SSSR count). The normalized spacial score (nSPS) is 11.6. The number of amides is 3. The van der Waals surface area contributed by atoms with Crippen LogP contribution in [0.15, 0.2) is 30.3 Å². The van der Waals surface area contributed by atoms with E-state index in [1.807, 2.05) is 42.6 Å². The Labute approximate surface area is 93.4 Å². The molecule has 5 heteroatoms. The Bertz CT molecular complexity index is 365. The van der Waals surface area contributed by atoms with Crippen LogP contribution in [0.2, 0.25) is 0 Å². The topological polar surface area (TPSA) is 78.4 Å². The maximum Gasteiger partial charge on any atom is 0.345 e. The molecule has 0 radical (unpaired) electrons. The molecule has 0 heterocycles. The lowest BCUT2D eigenvalue weighted by atomic mass is 9.96. The van der Waals surface area contributed by atoms with E-state index < -0.39 is 17.9 Å². The van der Waals surface area contributed by atoms with Crippen LogP contribution in [0.4, 0.5) is 4.79 Å². The molecule has 16 heavy (non-hydrogen) atoms. The van der Waals surface area contributed by atoms with Gasteiger partial charge in [-0.15, -0.1) is 0 Å². The molecular formula is C11H14N2O3. The second-order valence-electron chi connectivity index (χ2n) is 3.30. The summed E-state index contributed by atoms with van der Waals surface area (Å²) in [4.78, 5) is 22.4. The first-order chi connectivity index (χ1) is 7.69.